The highest BCUT2D eigenvalue weighted by Gasteiger charge is 2.12. The number of rotatable bonds is 2. The molecule has 0 saturated heterocycles. The van der Waals surface area contributed by atoms with E-state index in [4.69, 9.17) is 10.3 Å². The van der Waals surface area contributed by atoms with Gasteiger partial charge in [0.05, 0.1) is 18.1 Å². The zero-order valence-electron chi connectivity index (χ0n) is 8.82. The molecule has 2 N–H and O–H groups in total. The molecule has 2 heterocycles. The van der Waals surface area contributed by atoms with Crippen molar-refractivity contribution in [2.24, 2.45) is 0 Å². The number of benzene rings is 1. The molecule has 0 fully saturated rings. The molecule has 0 atom stereocenters. The maximum Gasteiger partial charge on any atom is 0.211 e. The van der Waals surface area contributed by atoms with Crippen LogP contribution < -0.4 is 5.73 Å². The average molecular weight is 227 g/mol. The van der Waals surface area contributed by atoms with Crippen molar-refractivity contribution in [2.45, 2.75) is 0 Å². The first-order valence-electron chi connectivity index (χ1n) is 5.03. The van der Waals surface area contributed by atoms with Crippen LogP contribution in [0.4, 0.5) is 5.69 Å². The Labute approximate surface area is 96.6 Å². The highest BCUT2D eigenvalue weighted by atomic mass is 16.5. The summed E-state index contributed by atoms with van der Waals surface area (Å²) in [5.41, 5.74) is 7.62. The van der Waals surface area contributed by atoms with Gasteiger partial charge in [-0.3, -0.25) is 0 Å². The number of nitrogens with two attached hydrogens (primary N) is 1. The fourth-order valence-corrected chi connectivity index (χ4v) is 1.52. The summed E-state index contributed by atoms with van der Waals surface area (Å²) in [4.78, 5) is 0. The number of nitrogens with zero attached hydrogens (tertiary/aromatic N) is 4. The average Bonchev–Trinajstić information content (AvgIpc) is 2.98. The molecule has 3 aromatic rings. The van der Waals surface area contributed by atoms with Gasteiger partial charge in [-0.05, 0) is 12.1 Å². The smallest absolute Gasteiger partial charge is 0.211 e. The molecule has 0 aliphatic carbocycles. The van der Waals surface area contributed by atoms with Crippen molar-refractivity contribution in [1.29, 1.82) is 0 Å². The monoisotopic (exact) mass is 227 g/mol. The summed E-state index contributed by atoms with van der Waals surface area (Å²) in [6, 6.07) is 9.67. The normalized spacial score (nSPS) is 10.6. The minimum absolute atomic E-state index is 0.437. The largest absolute Gasteiger partial charge is 0.394 e. The van der Waals surface area contributed by atoms with Gasteiger partial charge >= 0.3 is 0 Å². The molecule has 0 amide bonds. The number of hydrogen-bond donors (Lipinski definition) is 1. The molecule has 0 bridgehead atoms. The van der Waals surface area contributed by atoms with Crippen LogP contribution in [0.3, 0.4) is 0 Å². The molecule has 0 spiro atoms. The first kappa shape index (κ1) is 9.59. The Morgan fingerprint density at radius 2 is 2.00 bits per heavy atom. The third-order valence-electron chi connectivity index (χ3n) is 2.34. The predicted octanol–water partition coefficient (Wildman–Crippen LogP) is 1.50. The van der Waals surface area contributed by atoms with E-state index in [1.807, 2.05) is 30.3 Å². The van der Waals surface area contributed by atoms with Gasteiger partial charge in [-0.15, -0.1) is 5.10 Å². The van der Waals surface area contributed by atoms with E-state index in [0.717, 1.165) is 5.69 Å². The van der Waals surface area contributed by atoms with Crippen LogP contribution >= 0.6 is 0 Å². The second-order valence-electron chi connectivity index (χ2n) is 3.49. The van der Waals surface area contributed by atoms with Crippen molar-refractivity contribution < 1.29 is 4.52 Å². The molecule has 0 saturated carbocycles. The lowest BCUT2D eigenvalue weighted by Gasteiger charge is -1.96. The molecular formula is C11H9N5O. The lowest BCUT2D eigenvalue weighted by atomic mass is 10.3. The van der Waals surface area contributed by atoms with Crippen LogP contribution in [0, 0.1) is 0 Å². The molecule has 0 unspecified atom stereocenters. The van der Waals surface area contributed by atoms with Crippen LogP contribution in [0.2, 0.25) is 0 Å². The predicted molar refractivity (Wildman–Crippen MR) is 61.3 cm³/mol. The molecule has 6 heteroatoms. The Morgan fingerprint density at radius 3 is 2.71 bits per heavy atom. The van der Waals surface area contributed by atoms with Crippen molar-refractivity contribution >= 4 is 5.69 Å². The molecule has 1 aromatic carbocycles. The van der Waals surface area contributed by atoms with E-state index in [-0.39, 0.29) is 0 Å². The number of aromatic nitrogens is 4. The summed E-state index contributed by atoms with van der Waals surface area (Å²) >= 11 is 0. The standard InChI is InChI=1S/C11H9N5O/c12-9-6-13-17-11(9)10-7-16(15-14-10)8-4-2-1-3-5-8/h1-7H,12H2. The SMILES string of the molecule is Nc1cnoc1-c1cn(-c2ccccc2)nn1. The molecule has 2 aromatic heterocycles. The molecular weight excluding hydrogens is 218 g/mol. The maximum absolute atomic E-state index is 5.69. The van der Waals surface area contributed by atoms with Gasteiger partial charge in [-0.1, -0.05) is 28.6 Å². The van der Waals surface area contributed by atoms with Crippen LogP contribution in [0.5, 0.6) is 0 Å². The van der Waals surface area contributed by atoms with Gasteiger partial charge in [0.1, 0.15) is 5.69 Å². The van der Waals surface area contributed by atoms with E-state index >= 15 is 0 Å². The van der Waals surface area contributed by atoms with Crippen LogP contribution in [-0.2, 0) is 0 Å². The van der Waals surface area contributed by atoms with Gasteiger partial charge in [0.15, 0.2) is 5.69 Å². The van der Waals surface area contributed by atoms with Crippen LogP contribution in [0.15, 0.2) is 47.2 Å². The van der Waals surface area contributed by atoms with E-state index in [1.54, 1.807) is 10.9 Å². The van der Waals surface area contributed by atoms with Gasteiger partial charge in [0, 0.05) is 0 Å². The van der Waals surface area contributed by atoms with Crippen LogP contribution in [-0.4, -0.2) is 20.2 Å². The Morgan fingerprint density at radius 1 is 1.18 bits per heavy atom. The molecule has 17 heavy (non-hydrogen) atoms. The van der Waals surface area contributed by atoms with Gasteiger partial charge in [-0.25, -0.2) is 4.68 Å². The number of hydrogen-bond acceptors (Lipinski definition) is 5. The Kier molecular flexibility index (Phi) is 2.11. The van der Waals surface area contributed by atoms with Gasteiger partial charge in [0.2, 0.25) is 5.76 Å². The second kappa shape index (κ2) is 3.75. The quantitative estimate of drug-likeness (QED) is 0.717. The number of anilines is 1. The summed E-state index contributed by atoms with van der Waals surface area (Å²) in [5.74, 6) is 0.437. The van der Waals surface area contributed by atoms with Gasteiger partial charge < -0.3 is 10.3 Å². The zero-order valence-corrected chi connectivity index (χ0v) is 8.82. The molecule has 0 radical (unpaired) electrons. The summed E-state index contributed by atoms with van der Waals surface area (Å²) in [6.45, 7) is 0. The second-order valence-corrected chi connectivity index (χ2v) is 3.49. The molecule has 0 aliphatic heterocycles. The minimum Gasteiger partial charge on any atom is -0.394 e. The van der Waals surface area contributed by atoms with Crippen LogP contribution in [0.25, 0.3) is 17.1 Å². The molecule has 0 aliphatic rings. The molecule has 6 nitrogen and oxygen atoms in total. The lowest BCUT2D eigenvalue weighted by Crippen LogP contribution is -1.93. The zero-order chi connectivity index (χ0) is 11.7. The van der Waals surface area contributed by atoms with Gasteiger partial charge in [-0.2, -0.15) is 0 Å². The first-order valence-corrected chi connectivity index (χ1v) is 5.03. The third kappa shape index (κ3) is 1.65. The van der Waals surface area contributed by atoms with Crippen molar-refractivity contribution in [1.82, 2.24) is 20.2 Å². The van der Waals surface area contributed by atoms with E-state index in [1.165, 1.54) is 6.20 Å². The van der Waals surface area contributed by atoms with Crippen molar-refractivity contribution in [3.05, 3.63) is 42.7 Å². The van der Waals surface area contributed by atoms with E-state index < -0.39 is 0 Å². The van der Waals surface area contributed by atoms with Crippen molar-refractivity contribution in [2.75, 3.05) is 5.73 Å². The number of para-hydroxylation sites is 1. The van der Waals surface area contributed by atoms with Crippen molar-refractivity contribution in [3.8, 4) is 17.1 Å². The van der Waals surface area contributed by atoms with Crippen molar-refractivity contribution in [3.63, 3.8) is 0 Å². The highest BCUT2D eigenvalue weighted by Crippen LogP contribution is 2.23. The molecule has 84 valence electrons. The van der Waals surface area contributed by atoms with E-state index in [2.05, 4.69) is 15.5 Å². The highest BCUT2D eigenvalue weighted by molar-refractivity contribution is 5.66. The summed E-state index contributed by atoms with van der Waals surface area (Å²) < 4.78 is 6.66. The maximum atomic E-state index is 5.69. The minimum atomic E-state index is 0.437. The van der Waals surface area contributed by atoms with Crippen LogP contribution in [0.1, 0.15) is 0 Å². The Hall–Kier alpha value is -2.63. The summed E-state index contributed by atoms with van der Waals surface area (Å²) in [7, 11) is 0. The Bertz CT molecular complexity index is 628. The molecule has 3 rings (SSSR count). The first-order chi connectivity index (χ1) is 8.34. The van der Waals surface area contributed by atoms with E-state index in [0.29, 0.717) is 17.1 Å². The lowest BCUT2D eigenvalue weighted by molar-refractivity contribution is 0.431. The topological polar surface area (TPSA) is 82.8 Å². The number of nitrogen functional groups attached to an aromatic ring is 1. The fraction of sp³-hybridized carbons (Fsp3) is 0. The Balaban J connectivity index is 2.02. The summed E-state index contributed by atoms with van der Waals surface area (Å²) in [6.07, 6.45) is 3.18. The fourth-order valence-electron chi connectivity index (χ4n) is 1.52. The third-order valence-corrected chi connectivity index (χ3v) is 2.34. The summed E-state index contributed by atoms with van der Waals surface area (Å²) in [5, 5.41) is 11.6. The van der Waals surface area contributed by atoms with Gasteiger partial charge in [0.25, 0.3) is 0 Å². The van der Waals surface area contributed by atoms with E-state index in [9.17, 15) is 0 Å².